The molecule has 1 N–H and O–H groups in total. The molecule has 0 saturated carbocycles. The molecule has 1 aliphatic rings. The number of hydrogen-bond acceptors (Lipinski definition) is 3. The van der Waals surface area contributed by atoms with E-state index in [1.54, 1.807) is 12.0 Å². The monoisotopic (exact) mass is 362 g/mol. The van der Waals surface area contributed by atoms with Crippen LogP contribution in [0.1, 0.15) is 17.5 Å². The zero-order chi connectivity index (χ0) is 19.2. The highest BCUT2D eigenvalue weighted by Gasteiger charge is 2.34. The third kappa shape index (κ3) is 4.48. The van der Waals surface area contributed by atoms with Crippen LogP contribution >= 0.6 is 0 Å². The molecular formula is C22H22N2O3. The fourth-order valence-corrected chi connectivity index (χ4v) is 3.02. The Bertz CT molecular complexity index is 894. The van der Waals surface area contributed by atoms with Crippen molar-refractivity contribution in [3.05, 3.63) is 59.7 Å². The van der Waals surface area contributed by atoms with Gasteiger partial charge in [-0.15, -0.1) is 0 Å². The molecule has 0 spiro atoms. The first-order chi connectivity index (χ1) is 13.1. The van der Waals surface area contributed by atoms with Gasteiger partial charge in [-0.3, -0.25) is 9.59 Å². The Hall–Kier alpha value is -3.26. The Kier molecular flexibility index (Phi) is 5.77. The number of carbonyl (C=O) groups excluding carboxylic acids is 2. The van der Waals surface area contributed by atoms with Crippen molar-refractivity contribution in [3.63, 3.8) is 0 Å². The van der Waals surface area contributed by atoms with Crippen molar-refractivity contribution in [3.8, 4) is 17.6 Å². The van der Waals surface area contributed by atoms with Gasteiger partial charge in [0.1, 0.15) is 5.75 Å². The molecular weight excluding hydrogens is 340 g/mol. The van der Waals surface area contributed by atoms with Crippen molar-refractivity contribution in [2.24, 2.45) is 5.92 Å². The number of methoxy groups -OCH3 is 1. The lowest BCUT2D eigenvalue weighted by atomic mass is 10.1. The minimum absolute atomic E-state index is 0.0286. The van der Waals surface area contributed by atoms with Gasteiger partial charge in [-0.25, -0.2) is 0 Å². The fourth-order valence-electron chi connectivity index (χ4n) is 3.02. The van der Waals surface area contributed by atoms with Crippen molar-refractivity contribution in [2.45, 2.75) is 13.3 Å². The lowest BCUT2D eigenvalue weighted by Gasteiger charge is -2.16. The molecule has 5 heteroatoms. The molecule has 2 aromatic rings. The van der Waals surface area contributed by atoms with E-state index in [4.69, 9.17) is 4.74 Å². The number of ether oxygens (including phenoxy) is 1. The van der Waals surface area contributed by atoms with E-state index in [2.05, 4.69) is 17.2 Å². The topological polar surface area (TPSA) is 58.6 Å². The zero-order valence-corrected chi connectivity index (χ0v) is 15.5. The summed E-state index contributed by atoms with van der Waals surface area (Å²) in [5, 5.41) is 2.80. The molecule has 1 heterocycles. The minimum Gasteiger partial charge on any atom is -0.495 e. The maximum Gasteiger partial charge on any atom is 0.227 e. The van der Waals surface area contributed by atoms with Gasteiger partial charge in [0.05, 0.1) is 25.1 Å². The van der Waals surface area contributed by atoms with E-state index in [1.165, 1.54) is 0 Å². The molecule has 0 aromatic heterocycles. The first kappa shape index (κ1) is 18.5. The molecule has 2 aromatic carbocycles. The quantitative estimate of drug-likeness (QED) is 0.851. The van der Waals surface area contributed by atoms with Crippen LogP contribution in [0.25, 0.3) is 0 Å². The van der Waals surface area contributed by atoms with E-state index >= 15 is 0 Å². The van der Waals surface area contributed by atoms with Gasteiger partial charge in [0, 0.05) is 18.7 Å². The summed E-state index contributed by atoms with van der Waals surface area (Å²) in [6, 6.07) is 15.2. The molecule has 1 unspecified atom stereocenters. The standard InChI is InChI=1S/C22H22N2O3/c1-16-9-11-19(12-10-16)24-15-18(14-21(24)25)22(26)23-13-5-7-17-6-3-4-8-20(17)27-2/h3-4,6,8-12,18H,13-15H2,1-2H3,(H,23,26). The molecule has 1 atom stereocenters. The van der Waals surface area contributed by atoms with Gasteiger partial charge in [-0.1, -0.05) is 41.7 Å². The summed E-state index contributed by atoms with van der Waals surface area (Å²) in [5.74, 6) is 6.09. The number of rotatable bonds is 4. The van der Waals surface area contributed by atoms with Crippen molar-refractivity contribution >= 4 is 17.5 Å². The molecule has 0 bridgehead atoms. The smallest absolute Gasteiger partial charge is 0.227 e. The van der Waals surface area contributed by atoms with Gasteiger partial charge in [-0.2, -0.15) is 0 Å². The largest absolute Gasteiger partial charge is 0.495 e. The van der Waals surface area contributed by atoms with E-state index in [-0.39, 0.29) is 30.7 Å². The number of nitrogens with one attached hydrogen (secondary N) is 1. The fraction of sp³-hybridized carbons (Fsp3) is 0.273. The molecule has 1 aliphatic heterocycles. The summed E-state index contributed by atoms with van der Waals surface area (Å²) in [4.78, 5) is 26.3. The molecule has 0 radical (unpaired) electrons. The first-order valence-electron chi connectivity index (χ1n) is 8.85. The van der Waals surface area contributed by atoms with Crippen molar-refractivity contribution < 1.29 is 14.3 Å². The van der Waals surface area contributed by atoms with Crippen LogP contribution < -0.4 is 15.0 Å². The van der Waals surface area contributed by atoms with Gasteiger partial charge in [0.2, 0.25) is 11.8 Å². The van der Waals surface area contributed by atoms with Gasteiger partial charge in [0.25, 0.3) is 0 Å². The highest BCUT2D eigenvalue weighted by molar-refractivity contribution is 6.00. The van der Waals surface area contributed by atoms with Gasteiger partial charge in [-0.05, 0) is 31.2 Å². The number of anilines is 1. The van der Waals surface area contributed by atoms with Crippen LogP contribution in [0.3, 0.4) is 0 Å². The average molecular weight is 362 g/mol. The van der Waals surface area contributed by atoms with Crippen molar-refractivity contribution in [1.29, 1.82) is 0 Å². The Labute approximate surface area is 159 Å². The van der Waals surface area contributed by atoms with E-state index in [1.807, 2.05) is 55.5 Å². The summed E-state index contributed by atoms with van der Waals surface area (Å²) in [6.07, 6.45) is 0.222. The van der Waals surface area contributed by atoms with Crippen LogP contribution in [0, 0.1) is 24.7 Å². The Morgan fingerprint density at radius 3 is 2.70 bits per heavy atom. The molecule has 2 amide bonds. The highest BCUT2D eigenvalue weighted by atomic mass is 16.5. The Morgan fingerprint density at radius 1 is 1.22 bits per heavy atom. The average Bonchev–Trinajstić information content (AvgIpc) is 3.08. The summed E-state index contributed by atoms with van der Waals surface area (Å²) in [5.41, 5.74) is 2.74. The number of nitrogens with zero attached hydrogens (tertiary/aromatic N) is 1. The number of aryl methyl sites for hydroxylation is 1. The molecule has 0 aliphatic carbocycles. The molecule has 5 nitrogen and oxygen atoms in total. The van der Waals surface area contributed by atoms with E-state index in [0.717, 1.165) is 16.8 Å². The number of carbonyl (C=O) groups is 2. The van der Waals surface area contributed by atoms with Crippen LogP contribution in [0.2, 0.25) is 0 Å². The second-order valence-electron chi connectivity index (χ2n) is 6.46. The number of amides is 2. The van der Waals surface area contributed by atoms with Crippen LogP contribution in [-0.4, -0.2) is 32.0 Å². The predicted octanol–water partition coefficient (Wildman–Crippen LogP) is 2.52. The summed E-state index contributed by atoms with van der Waals surface area (Å²) in [6.45, 7) is 2.62. The Morgan fingerprint density at radius 2 is 1.96 bits per heavy atom. The normalized spacial score (nSPS) is 15.9. The van der Waals surface area contributed by atoms with Gasteiger partial charge >= 0.3 is 0 Å². The second kappa shape index (κ2) is 8.41. The van der Waals surface area contributed by atoms with Crippen LogP contribution in [0.4, 0.5) is 5.69 Å². The molecule has 3 rings (SSSR count). The van der Waals surface area contributed by atoms with Crippen LogP contribution in [-0.2, 0) is 9.59 Å². The molecule has 1 fully saturated rings. The van der Waals surface area contributed by atoms with E-state index in [0.29, 0.717) is 12.3 Å². The lowest BCUT2D eigenvalue weighted by molar-refractivity contribution is -0.126. The molecule has 27 heavy (non-hydrogen) atoms. The molecule has 1 saturated heterocycles. The predicted molar refractivity (Wildman–Crippen MR) is 105 cm³/mol. The summed E-state index contributed by atoms with van der Waals surface area (Å²) >= 11 is 0. The minimum atomic E-state index is -0.355. The van der Waals surface area contributed by atoms with Crippen molar-refractivity contribution in [1.82, 2.24) is 5.32 Å². The summed E-state index contributed by atoms with van der Waals surface area (Å²) < 4.78 is 5.24. The van der Waals surface area contributed by atoms with Crippen LogP contribution in [0.5, 0.6) is 5.75 Å². The maximum atomic E-state index is 12.4. The maximum absolute atomic E-state index is 12.4. The summed E-state index contributed by atoms with van der Waals surface area (Å²) in [7, 11) is 1.60. The van der Waals surface area contributed by atoms with Crippen molar-refractivity contribution in [2.75, 3.05) is 25.1 Å². The Balaban J connectivity index is 1.56. The lowest BCUT2D eigenvalue weighted by Crippen LogP contribution is -2.33. The third-order valence-electron chi connectivity index (χ3n) is 4.52. The number of benzene rings is 2. The highest BCUT2D eigenvalue weighted by Crippen LogP contribution is 2.25. The zero-order valence-electron chi connectivity index (χ0n) is 15.5. The molecule has 138 valence electrons. The first-order valence-corrected chi connectivity index (χ1v) is 8.85. The number of para-hydroxylation sites is 1. The van der Waals surface area contributed by atoms with Gasteiger partial charge < -0.3 is 15.0 Å². The van der Waals surface area contributed by atoms with Gasteiger partial charge in [0.15, 0.2) is 0 Å². The van der Waals surface area contributed by atoms with Crippen LogP contribution in [0.15, 0.2) is 48.5 Å². The number of hydrogen-bond donors (Lipinski definition) is 1. The van der Waals surface area contributed by atoms with E-state index < -0.39 is 0 Å². The van der Waals surface area contributed by atoms with E-state index in [9.17, 15) is 9.59 Å². The SMILES string of the molecule is COc1ccccc1C#CCNC(=O)C1CC(=O)N(c2ccc(C)cc2)C1. The third-order valence-corrected chi connectivity index (χ3v) is 4.52. The second-order valence-corrected chi connectivity index (χ2v) is 6.46.